The molecule has 0 aromatic heterocycles. The van der Waals surface area contributed by atoms with Gasteiger partial charge in [-0.1, -0.05) is 96.5 Å². The van der Waals surface area contributed by atoms with E-state index >= 15 is 0 Å². The monoisotopic (exact) mass is 478 g/mol. The third-order valence-electron chi connectivity index (χ3n) is 5.50. The van der Waals surface area contributed by atoms with Crippen molar-refractivity contribution in [2.24, 2.45) is 0 Å². The van der Waals surface area contributed by atoms with Gasteiger partial charge in [-0.2, -0.15) is 0 Å². The highest BCUT2D eigenvalue weighted by Gasteiger charge is 2.47. The van der Waals surface area contributed by atoms with E-state index < -0.39 is 0 Å². The van der Waals surface area contributed by atoms with Gasteiger partial charge in [-0.15, -0.1) is 0 Å². The zero-order valence-electron chi connectivity index (χ0n) is 14.5. The highest BCUT2D eigenvalue weighted by atomic mass is 127. The first kappa shape index (κ1) is 17.0. The normalized spacial score (nSPS) is 13.9. The van der Waals surface area contributed by atoms with Crippen LogP contribution in [-0.2, 0) is 5.41 Å². The second-order valence-corrected chi connectivity index (χ2v) is 8.38. The average Bonchev–Trinajstić information content (AvgIpc) is 3.03. The van der Waals surface area contributed by atoms with E-state index in [-0.39, 0.29) is 5.41 Å². The minimum atomic E-state index is -0.362. The summed E-state index contributed by atoms with van der Waals surface area (Å²) in [6.07, 6.45) is 0. The molecule has 0 unspecified atom stereocenters. The largest absolute Gasteiger partial charge is 0.0837 e. The van der Waals surface area contributed by atoms with E-state index in [1.54, 1.807) is 0 Å². The average molecular weight is 479 g/mol. The Morgan fingerprint density at radius 1 is 0.556 bits per heavy atom. The smallest absolute Gasteiger partial charge is 0.0714 e. The minimum Gasteiger partial charge on any atom is -0.0837 e. The zero-order chi connectivity index (χ0) is 18.4. The topological polar surface area (TPSA) is 0 Å². The number of rotatable bonds is 2. The molecule has 0 bridgehead atoms. The van der Waals surface area contributed by atoms with Crippen LogP contribution in [0.3, 0.4) is 0 Å². The van der Waals surface area contributed by atoms with Crippen LogP contribution in [0.4, 0.5) is 0 Å². The molecule has 0 nitrogen and oxygen atoms in total. The van der Waals surface area contributed by atoms with Gasteiger partial charge in [-0.05, 0) is 57.0 Å². The Labute approximate surface area is 178 Å². The number of halogens is 2. The SMILES string of the molecule is Clc1cccc2c1-c1c(I)cccc1C2(c1ccccc1)c1ccccc1. The van der Waals surface area contributed by atoms with Crippen molar-refractivity contribution in [1.29, 1.82) is 0 Å². The fraction of sp³-hybridized carbons (Fsp3) is 0.0400. The van der Waals surface area contributed by atoms with Crippen molar-refractivity contribution in [1.82, 2.24) is 0 Å². The summed E-state index contributed by atoms with van der Waals surface area (Å²) in [6.45, 7) is 0. The summed E-state index contributed by atoms with van der Waals surface area (Å²) in [7, 11) is 0. The first-order chi connectivity index (χ1) is 13.2. The van der Waals surface area contributed by atoms with Crippen LogP contribution in [0.15, 0.2) is 97.1 Å². The Morgan fingerprint density at radius 2 is 1.07 bits per heavy atom. The maximum Gasteiger partial charge on any atom is 0.0714 e. The van der Waals surface area contributed by atoms with E-state index in [9.17, 15) is 0 Å². The lowest BCUT2D eigenvalue weighted by Gasteiger charge is -2.33. The molecule has 0 spiro atoms. The van der Waals surface area contributed by atoms with Crippen molar-refractivity contribution in [3.8, 4) is 11.1 Å². The second-order valence-electron chi connectivity index (χ2n) is 6.81. The maximum absolute atomic E-state index is 6.77. The van der Waals surface area contributed by atoms with E-state index in [1.165, 1.54) is 31.4 Å². The number of hydrogen-bond donors (Lipinski definition) is 0. The summed E-state index contributed by atoms with van der Waals surface area (Å²) < 4.78 is 1.23. The summed E-state index contributed by atoms with van der Waals surface area (Å²) in [5.74, 6) is 0. The van der Waals surface area contributed by atoms with Crippen LogP contribution in [0.5, 0.6) is 0 Å². The quantitative estimate of drug-likeness (QED) is 0.233. The van der Waals surface area contributed by atoms with Gasteiger partial charge in [-0.3, -0.25) is 0 Å². The molecule has 1 aliphatic rings. The molecule has 4 aromatic carbocycles. The summed E-state index contributed by atoms with van der Waals surface area (Å²) in [5.41, 5.74) is 7.14. The van der Waals surface area contributed by atoms with Crippen LogP contribution in [0.1, 0.15) is 22.3 Å². The predicted octanol–water partition coefficient (Wildman–Crippen LogP) is 7.31. The van der Waals surface area contributed by atoms with Crippen LogP contribution < -0.4 is 0 Å². The molecule has 130 valence electrons. The molecule has 0 amide bonds. The molecule has 0 atom stereocenters. The fourth-order valence-corrected chi connectivity index (χ4v) is 5.53. The van der Waals surface area contributed by atoms with Crippen molar-refractivity contribution in [3.63, 3.8) is 0 Å². The van der Waals surface area contributed by atoms with Gasteiger partial charge >= 0.3 is 0 Å². The molecule has 2 heteroatoms. The fourth-order valence-electron chi connectivity index (χ4n) is 4.49. The van der Waals surface area contributed by atoms with E-state index in [2.05, 4.69) is 114 Å². The molecule has 0 heterocycles. The lowest BCUT2D eigenvalue weighted by atomic mass is 9.68. The minimum absolute atomic E-state index is 0.362. The Balaban J connectivity index is 2.02. The molecule has 5 rings (SSSR count). The number of benzene rings is 4. The van der Waals surface area contributed by atoms with Gasteiger partial charge in [0.2, 0.25) is 0 Å². The van der Waals surface area contributed by atoms with Crippen LogP contribution in [0, 0.1) is 3.57 Å². The van der Waals surface area contributed by atoms with Crippen LogP contribution in [0.2, 0.25) is 5.02 Å². The molecule has 0 saturated heterocycles. The first-order valence-electron chi connectivity index (χ1n) is 8.94. The van der Waals surface area contributed by atoms with Gasteiger partial charge in [0, 0.05) is 19.7 Å². The van der Waals surface area contributed by atoms with Crippen molar-refractivity contribution < 1.29 is 0 Å². The Bertz CT molecular complexity index is 1040. The molecule has 0 aliphatic heterocycles. The van der Waals surface area contributed by atoms with E-state index in [4.69, 9.17) is 11.6 Å². The Morgan fingerprint density at radius 3 is 1.67 bits per heavy atom. The lowest BCUT2D eigenvalue weighted by molar-refractivity contribution is 0.768. The van der Waals surface area contributed by atoms with E-state index in [0.717, 1.165) is 10.6 Å². The van der Waals surface area contributed by atoms with Gasteiger partial charge in [0.05, 0.1) is 5.41 Å². The molecule has 0 fully saturated rings. The van der Waals surface area contributed by atoms with Gasteiger partial charge in [-0.25, -0.2) is 0 Å². The van der Waals surface area contributed by atoms with Gasteiger partial charge < -0.3 is 0 Å². The van der Waals surface area contributed by atoms with Crippen LogP contribution >= 0.6 is 34.2 Å². The molecule has 1 aliphatic carbocycles. The summed E-state index contributed by atoms with van der Waals surface area (Å²) in [5, 5.41) is 0.812. The van der Waals surface area contributed by atoms with Crippen molar-refractivity contribution in [3.05, 3.63) is 128 Å². The molecular formula is C25H16ClI. The molecule has 0 N–H and O–H groups in total. The van der Waals surface area contributed by atoms with Gasteiger partial charge in [0.15, 0.2) is 0 Å². The summed E-state index contributed by atoms with van der Waals surface area (Å²) >= 11 is 9.20. The van der Waals surface area contributed by atoms with Gasteiger partial charge in [0.1, 0.15) is 0 Å². The zero-order valence-corrected chi connectivity index (χ0v) is 17.4. The molecule has 4 aromatic rings. The van der Waals surface area contributed by atoms with Gasteiger partial charge in [0.25, 0.3) is 0 Å². The highest BCUT2D eigenvalue weighted by Crippen LogP contribution is 2.58. The molecule has 0 radical (unpaired) electrons. The maximum atomic E-state index is 6.77. The predicted molar refractivity (Wildman–Crippen MR) is 121 cm³/mol. The summed E-state index contributed by atoms with van der Waals surface area (Å²) in [4.78, 5) is 0. The van der Waals surface area contributed by atoms with Crippen molar-refractivity contribution >= 4 is 34.2 Å². The van der Waals surface area contributed by atoms with Crippen molar-refractivity contribution in [2.45, 2.75) is 5.41 Å². The Hall–Kier alpha value is -2.10. The Kier molecular flexibility index (Phi) is 4.10. The number of fused-ring (bicyclic) bond motifs is 3. The van der Waals surface area contributed by atoms with Crippen molar-refractivity contribution in [2.75, 3.05) is 0 Å². The standard InChI is InChI=1S/C25H16ClI/c26-21-15-7-13-19-23(21)24-20(14-8-16-22(24)27)25(19,17-9-3-1-4-10-17)18-11-5-2-6-12-18/h1-16H. The second kappa shape index (κ2) is 6.50. The van der Waals surface area contributed by atoms with E-state index in [0.29, 0.717) is 0 Å². The van der Waals surface area contributed by atoms with E-state index in [1.807, 2.05) is 6.07 Å². The lowest BCUT2D eigenvalue weighted by Crippen LogP contribution is -2.28. The first-order valence-corrected chi connectivity index (χ1v) is 10.4. The molecule has 27 heavy (non-hydrogen) atoms. The molecule has 0 saturated carbocycles. The highest BCUT2D eigenvalue weighted by molar-refractivity contribution is 14.1. The third kappa shape index (κ3) is 2.35. The molecular weight excluding hydrogens is 463 g/mol. The summed E-state index contributed by atoms with van der Waals surface area (Å²) in [6, 6.07) is 34.4. The third-order valence-corrected chi connectivity index (χ3v) is 6.71. The van der Waals surface area contributed by atoms with Crippen LogP contribution in [0.25, 0.3) is 11.1 Å². The van der Waals surface area contributed by atoms with Crippen LogP contribution in [-0.4, -0.2) is 0 Å². The number of hydrogen-bond acceptors (Lipinski definition) is 0.